The van der Waals surface area contributed by atoms with E-state index in [0.29, 0.717) is 24.7 Å². The summed E-state index contributed by atoms with van der Waals surface area (Å²) >= 11 is 0. The van der Waals surface area contributed by atoms with E-state index in [1.165, 1.54) is 5.57 Å². The van der Waals surface area contributed by atoms with Crippen molar-refractivity contribution in [3.8, 4) is 0 Å². The SMILES string of the molecule is CC1(C)CC[C@]2(C(=O)O)CC[C@]3(C)C(=CC[C@@H]4[C@@]5(C)CCC6(O)CC6(C)[C@@H]5CC[C@]43C)[C@@H]2C1O. The average molecular weight is 471 g/mol. The van der Waals surface area contributed by atoms with E-state index in [1.807, 2.05) is 0 Å². The van der Waals surface area contributed by atoms with E-state index in [9.17, 15) is 20.1 Å². The Kier molecular flexibility index (Phi) is 4.38. The Morgan fingerprint density at radius 3 is 2.24 bits per heavy atom. The van der Waals surface area contributed by atoms with Gasteiger partial charge in [-0.05, 0) is 97.7 Å². The third-order valence-corrected chi connectivity index (χ3v) is 14.0. The predicted octanol–water partition coefficient (Wildman–Crippen LogP) is 5.96. The van der Waals surface area contributed by atoms with Crippen molar-refractivity contribution in [1.82, 2.24) is 0 Å². The maximum atomic E-state index is 12.8. The summed E-state index contributed by atoms with van der Waals surface area (Å²) in [5.74, 6) is 0.121. The quantitative estimate of drug-likeness (QED) is 0.413. The number of rotatable bonds is 1. The third kappa shape index (κ3) is 2.37. The number of hydrogen-bond donors (Lipinski definition) is 3. The van der Waals surface area contributed by atoms with E-state index in [1.54, 1.807) is 0 Å². The Morgan fingerprint density at radius 2 is 1.56 bits per heavy atom. The number of aliphatic carboxylic acids is 1. The van der Waals surface area contributed by atoms with Crippen molar-refractivity contribution in [2.45, 2.75) is 117 Å². The van der Waals surface area contributed by atoms with Gasteiger partial charge in [0.2, 0.25) is 0 Å². The van der Waals surface area contributed by atoms with E-state index in [2.05, 4.69) is 47.6 Å². The maximum absolute atomic E-state index is 12.8. The average Bonchev–Trinajstić information content (AvgIpc) is 3.33. The largest absolute Gasteiger partial charge is 0.481 e. The highest BCUT2D eigenvalue weighted by Crippen LogP contribution is 2.80. The first-order chi connectivity index (χ1) is 15.6. The second-order valence-electron chi connectivity index (χ2n) is 15.3. The molecule has 0 aliphatic heterocycles. The summed E-state index contributed by atoms with van der Waals surface area (Å²) in [6.07, 6.45) is 11.1. The molecule has 5 fully saturated rings. The summed E-state index contributed by atoms with van der Waals surface area (Å²) in [6, 6.07) is 0. The number of allylic oxidation sites excluding steroid dienone is 1. The molecule has 6 rings (SSSR count). The second kappa shape index (κ2) is 6.33. The van der Waals surface area contributed by atoms with Gasteiger partial charge in [-0.15, -0.1) is 0 Å². The molecule has 5 saturated carbocycles. The van der Waals surface area contributed by atoms with E-state index in [4.69, 9.17) is 0 Å². The maximum Gasteiger partial charge on any atom is 0.310 e. The van der Waals surface area contributed by atoms with Crippen LogP contribution < -0.4 is 0 Å². The summed E-state index contributed by atoms with van der Waals surface area (Å²) in [7, 11) is 0. The molecule has 10 atom stereocenters. The molecule has 0 saturated heterocycles. The van der Waals surface area contributed by atoms with Crippen LogP contribution in [0.15, 0.2) is 11.6 Å². The fourth-order valence-electron chi connectivity index (χ4n) is 11.2. The van der Waals surface area contributed by atoms with Gasteiger partial charge in [0, 0.05) is 11.3 Å². The molecule has 0 radical (unpaired) electrons. The van der Waals surface area contributed by atoms with Crippen molar-refractivity contribution in [1.29, 1.82) is 0 Å². The first-order valence-electron chi connectivity index (χ1n) is 14.0. The van der Waals surface area contributed by atoms with Crippen LogP contribution in [0.5, 0.6) is 0 Å². The van der Waals surface area contributed by atoms with Gasteiger partial charge in [0.15, 0.2) is 0 Å². The van der Waals surface area contributed by atoms with Crippen molar-refractivity contribution in [3.63, 3.8) is 0 Å². The Morgan fingerprint density at radius 1 is 0.882 bits per heavy atom. The number of fused-ring (bicyclic) bond motifs is 9. The minimum absolute atomic E-state index is 0.0703. The Bertz CT molecular complexity index is 984. The molecule has 0 bridgehead atoms. The molecule has 0 spiro atoms. The zero-order valence-electron chi connectivity index (χ0n) is 22.2. The van der Waals surface area contributed by atoms with E-state index < -0.39 is 23.1 Å². The molecule has 34 heavy (non-hydrogen) atoms. The number of hydrogen-bond acceptors (Lipinski definition) is 3. The number of carboxylic acid groups (broad SMARTS) is 1. The van der Waals surface area contributed by atoms with Gasteiger partial charge >= 0.3 is 5.97 Å². The number of carbonyl (C=O) groups is 1. The smallest absolute Gasteiger partial charge is 0.310 e. The van der Waals surface area contributed by atoms with Crippen LogP contribution in [0.4, 0.5) is 0 Å². The topological polar surface area (TPSA) is 77.8 Å². The minimum Gasteiger partial charge on any atom is -0.481 e. The lowest BCUT2D eigenvalue weighted by molar-refractivity contribution is -0.199. The van der Waals surface area contributed by atoms with Crippen LogP contribution in [0, 0.1) is 50.2 Å². The standard InChI is InChI=1S/C30H46O4/c1-24(2)11-14-29(23(32)33)15-13-26(4)18(21(29)22(24)31)7-8-19-25(3)12-16-30(34)17-28(30,6)20(25)9-10-27(19,26)5/h7,19-22,31,34H,8-17H2,1-6H3,(H,32,33)/t19-,20-,21-,22?,25-,26-,27-,28?,29+,30?/m1/s1. The van der Waals surface area contributed by atoms with Crippen LogP contribution in [0.2, 0.25) is 0 Å². The molecule has 0 aromatic heterocycles. The summed E-state index contributed by atoms with van der Waals surface area (Å²) in [5.41, 5.74) is 0.0318. The first-order valence-corrected chi connectivity index (χ1v) is 14.0. The predicted molar refractivity (Wildman–Crippen MR) is 132 cm³/mol. The lowest BCUT2D eigenvalue weighted by Crippen LogP contribution is -2.65. The second-order valence-corrected chi connectivity index (χ2v) is 15.3. The van der Waals surface area contributed by atoms with Gasteiger partial charge in [-0.2, -0.15) is 0 Å². The molecule has 0 aromatic carbocycles. The molecule has 3 N–H and O–H groups in total. The zero-order chi connectivity index (χ0) is 24.7. The highest BCUT2D eigenvalue weighted by Gasteiger charge is 2.77. The Labute approximate surface area is 205 Å². The van der Waals surface area contributed by atoms with Crippen molar-refractivity contribution < 1.29 is 20.1 Å². The van der Waals surface area contributed by atoms with E-state index in [0.717, 1.165) is 51.4 Å². The van der Waals surface area contributed by atoms with E-state index in [-0.39, 0.29) is 33.0 Å². The van der Waals surface area contributed by atoms with Crippen molar-refractivity contribution in [3.05, 3.63) is 11.6 Å². The molecule has 0 heterocycles. The molecule has 0 amide bonds. The van der Waals surface area contributed by atoms with Gasteiger partial charge in [-0.3, -0.25) is 4.79 Å². The summed E-state index contributed by atoms with van der Waals surface area (Å²) in [4.78, 5) is 12.8. The van der Waals surface area contributed by atoms with Crippen LogP contribution >= 0.6 is 0 Å². The van der Waals surface area contributed by atoms with Crippen LogP contribution in [0.1, 0.15) is 106 Å². The van der Waals surface area contributed by atoms with Crippen LogP contribution in [-0.4, -0.2) is 33.0 Å². The van der Waals surface area contributed by atoms with Gasteiger partial charge < -0.3 is 15.3 Å². The lowest BCUT2D eigenvalue weighted by Gasteiger charge is -2.70. The van der Waals surface area contributed by atoms with Crippen LogP contribution in [0.25, 0.3) is 0 Å². The zero-order valence-corrected chi connectivity index (χ0v) is 22.2. The normalized spacial score (nSPS) is 59.4. The van der Waals surface area contributed by atoms with Gasteiger partial charge in [0.1, 0.15) is 0 Å². The summed E-state index contributed by atoms with van der Waals surface area (Å²) in [5, 5.41) is 33.3. The molecule has 6 aliphatic carbocycles. The van der Waals surface area contributed by atoms with Crippen LogP contribution in [-0.2, 0) is 4.79 Å². The Balaban J connectivity index is 1.46. The fourth-order valence-corrected chi connectivity index (χ4v) is 11.2. The molecular weight excluding hydrogens is 424 g/mol. The van der Waals surface area contributed by atoms with E-state index >= 15 is 0 Å². The van der Waals surface area contributed by atoms with Crippen molar-refractivity contribution in [2.75, 3.05) is 0 Å². The molecule has 3 unspecified atom stereocenters. The van der Waals surface area contributed by atoms with Crippen molar-refractivity contribution in [2.24, 2.45) is 50.2 Å². The molecule has 0 aromatic rings. The Hall–Kier alpha value is -0.870. The molecule has 190 valence electrons. The lowest BCUT2D eigenvalue weighted by atomic mass is 9.34. The van der Waals surface area contributed by atoms with Gasteiger partial charge in [0.05, 0.1) is 17.1 Å². The minimum atomic E-state index is -0.826. The third-order valence-electron chi connectivity index (χ3n) is 14.0. The fraction of sp³-hybridized carbons (Fsp3) is 0.900. The summed E-state index contributed by atoms with van der Waals surface area (Å²) < 4.78 is 0. The number of aliphatic hydroxyl groups excluding tert-OH is 1. The van der Waals surface area contributed by atoms with Gasteiger partial charge in [0.25, 0.3) is 0 Å². The highest BCUT2D eigenvalue weighted by atomic mass is 16.4. The van der Waals surface area contributed by atoms with Gasteiger partial charge in [-0.1, -0.05) is 53.2 Å². The molecule has 4 heteroatoms. The van der Waals surface area contributed by atoms with Gasteiger partial charge in [-0.25, -0.2) is 0 Å². The number of aliphatic hydroxyl groups is 2. The molecular formula is C30H46O4. The first kappa shape index (κ1) is 23.5. The number of carboxylic acids is 1. The monoisotopic (exact) mass is 470 g/mol. The van der Waals surface area contributed by atoms with Crippen LogP contribution in [0.3, 0.4) is 0 Å². The highest BCUT2D eigenvalue weighted by molar-refractivity contribution is 5.77. The molecule has 4 nitrogen and oxygen atoms in total. The molecule has 6 aliphatic rings. The summed E-state index contributed by atoms with van der Waals surface area (Å²) in [6.45, 7) is 14.0. The van der Waals surface area contributed by atoms with Crippen molar-refractivity contribution >= 4 is 5.97 Å².